The van der Waals surface area contributed by atoms with Crippen molar-refractivity contribution < 1.29 is 9.21 Å². The van der Waals surface area contributed by atoms with Crippen LogP contribution in [0.5, 0.6) is 0 Å². The van der Waals surface area contributed by atoms with E-state index in [1.807, 2.05) is 43.3 Å². The van der Waals surface area contributed by atoms with Crippen LogP contribution in [0.15, 0.2) is 46.9 Å². The Balaban J connectivity index is 1.63. The molecule has 0 aliphatic heterocycles. The number of aromatic nitrogens is 1. The van der Waals surface area contributed by atoms with Gasteiger partial charge in [0, 0.05) is 23.9 Å². The van der Waals surface area contributed by atoms with Crippen LogP contribution in [0.25, 0.3) is 10.8 Å². The summed E-state index contributed by atoms with van der Waals surface area (Å²) in [7, 11) is 0. The smallest absolute Gasteiger partial charge is 0.224 e. The summed E-state index contributed by atoms with van der Waals surface area (Å²) in [6.07, 6.45) is 0.917. The molecule has 2 aromatic carbocycles. The SMILES string of the molecule is Cc1nc(C(C)(C)C)oc1CCC(=O)Nc1ccc2ccccc2c1. The van der Waals surface area contributed by atoms with Gasteiger partial charge in [0.2, 0.25) is 5.91 Å². The van der Waals surface area contributed by atoms with Crippen molar-refractivity contribution in [2.24, 2.45) is 0 Å². The Kier molecular flexibility index (Phi) is 4.62. The van der Waals surface area contributed by atoms with Crippen LogP contribution in [0.2, 0.25) is 0 Å². The normalized spacial score (nSPS) is 11.7. The zero-order chi connectivity index (χ0) is 18.0. The number of benzene rings is 2. The van der Waals surface area contributed by atoms with Crippen LogP contribution in [0.4, 0.5) is 5.69 Å². The fraction of sp³-hybridized carbons (Fsp3) is 0.333. The van der Waals surface area contributed by atoms with Crippen molar-refractivity contribution in [2.75, 3.05) is 5.32 Å². The van der Waals surface area contributed by atoms with Gasteiger partial charge < -0.3 is 9.73 Å². The molecule has 0 radical (unpaired) electrons. The second kappa shape index (κ2) is 6.71. The van der Waals surface area contributed by atoms with Crippen LogP contribution in [-0.2, 0) is 16.6 Å². The van der Waals surface area contributed by atoms with Crippen molar-refractivity contribution in [2.45, 2.75) is 46.0 Å². The number of oxazole rings is 1. The van der Waals surface area contributed by atoms with Gasteiger partial charge in [-0.05, 0) is 29.8 Å². The van der Waals surface area contributed by atoms with E-state index in [1.54, 1.807) is 0 Å². The van der Waals surface area contributed by atoms with Gasteiger partial charge in [0.05, 0.1) is 5.69 Å². The molecule has 0 saturated carbocycles. The molecular formula is C21H24N2O2. The molecule has 3 rings (SSSR count). The van der Waals surface area contributed by atoms with Crippen molar-refractivity contribution in [1.29, 1.82) is 0 Å². The minimum Gasteiger partial charge on any atom is -0.445 e. The number of fused-ring (bicyclic) bond motifs is 1. The molecule has 0 aliphatic carbocycles. The Labute approximate surface area is 148 Å². The quantitative estimate of drug-likeness (QED) is 0.729. The molecule has 25 heavy (non-hydrogen) atoms. The van der Waals surface area contributed by atoms with E-state index in [4.69, 9.17) is 4.42 Å². The van der Waals surface area contributed by atoms with Gasteiger partial charge in [0.15, 0.2) is 5.89 Å². The molecule has 0 aliphatic rings. The van der Waals surface area contributed by atoms with Gasteiger partial charge in [-0.2, -0.15) is 0 Å². The minimum absolute atomic E-state index is 0.0246. The van der Waals surface area contributed by atoms with E-state index in [-0.39, 0.29) is 11.3 Å². The largest absolute Gasteiger partial charge is 0.445 e. The van der Waals surface area contributed by atoms with Crippen LogP contribution in [-0.4, -0.2) is 10.9 Å². The highest BCUT2D eigenvalue weighted by Crippen LogP contribution is 2.24. The monoisotopic (exact) mass is 336 g/mol. The second-order valence-electron chi connectivity index (χ2n) is 7.39. The highest BCUT2D eigenvalue weighted by molar-refractivity contribution is 5.94. The van der Waals surface area contributed by atoms with Crippen LogP contribution in [0.3, 0.4) is 0 Å². The molecule has 0 saturated heterocycles. The van der Waals surface area contributed by atoms with Crippen LogP contribution in [0, 0.1) is 6.92 Å². The van der Waals surface area contributed by atoms with Gasteiger partial charge in [-0.15, -0.1) is 0 Å². The molecule has 1 heterocycles. The summed E-state index contributed by atoms with van der Waals surface area (Å²) in [5, 5.41) is 5.23. The number of hydrogen-bond acceptors (Lipinski definition) is 3. The van der Waals surface area contributed by atoms with Crippen molar-refractivity contribution in [3.63, 3.8) is 0 Å². The van der Waals surface area contributed by atoms with Crippen molar-refractivity contribution in [3.8, 4) is 0 Å². The Bertz CT molecular complexity index is 904. The summed E-state index contributed by atoms with van der Waals surface area (Å²) < 4.78 is 5.85. The molecule has 0 bridgehead atoms. The van der Waals surface area contributed by atoms with E-state index in [0.717, 1.165) is 33.8 Å². The van der Waals surface area contributed by atoms with E-state index < -0.39 is 0 Å². The number of carbonyl (C=O) groups excluding carboxylic acids is 1. The molecule has 3 aromatic rings. The molecule has 130 valence electrons. The summed E-state index contributed by atoms with van der Waals surface area (Å²) in [5.74, 6) is 1.48. The number of carbonyl (C=O) groups is 1. The van der Waals surface area contributed by atoms with Gasteiger partial charge >= 0.3 is 0 Å². The lowest BCUT2D eigenvalue weighted by atomic mass is 9.97. The van der Waals surface area contributed by atoms with Gasteiger partial charge in [-0.25, -0.2) is 4.98 Å². The molecule has 0 fully saturated rings. The molecule has 1 N–H and O–H groups in total. The third kappa shape index (κ3) is 4.08. The summed E-state index contributed by atoms with van der Waals surface area (Å²) in [6, 6.07) is 14.0. The average molecular weight is 336 g/mol. The van der Waals surface area contributed by atoms with E-state index in [2.05, 4.69) is 37.1 Å². The molecule has 4 heteroatoms. The molecule has 0 atom stereocenters. The average Bonchev–Trinajstić information content (AvgIpc) is 2.94. The number of anilines is 1. The maximum absolute atomic E-state index is 12.3. The minimum atomic E-state index is -0.129. The fourth-order valence-electron chi connectivity index (χ4n) is 2.70. The maximum Gasteiger partial charge on any atom is 0.224 e. The number of amides is 1. The number of hydrogen-bond donors (Lipinski definition) is 1. The highest BCUT2D eigenvalue weighted by Gasteiger charge is 2.22. The molecule has 4 nitrogen and oxygen atoms in total. The van der Waals surface area contributed by atoms with Crippen molar-refractivity contribution in [3.05, 3.63) is 59.8 Å². The van der Waals surface area contributed by atoms with E-state index in [0.29, 0.717) is 12.8 Å². The first-order chi connectivity index (χ1) is 11.8. The van der Waals surface area contributed by atoms with Crippen LogP contribution >= 0.6 is 0 Å². The summed E-state index contributed by atoms with van der Waals surface area (Å²) in [4.78, 5) is 16.7. The van der Waals surface area contributed by atoms with Crippen LogP contribution < -0.4 is 5.32 Å². The third-order valence-electron chi connectivity index (χ3n) is 4.15. The number of rotatable bonds is 4. The first-order valence-electron chi connectivity index (χ1n) is 8.58. The number of aryl methyl sites for hydroxylation is 2. The zero-order valence-corrected chi connectivity index (χ0v) is 15.2. The Morgan fingerprint density at radius 3 is 2.52 bits per heavy atom. The Morgan fingerprint density at radius 2 is 1.84 bits per heavy atom. The molecule has 1 aromatic heterocycles. The maximum atomic E-state index is 12.3. The van der Waals surface area contributed by atoms with E-state index >= 15 is 0 Å². The summed E-state index contributed by atoms with van der Waals surface area (Å²) in [5.41, 5.74) is 1.55. The lowest BCUT2D eigenvalue weighted by Gasteiger charge is -2.12. The highest BCUT2D eigenvalue weighted by atomic mass is 16.4. The van der Waals surface area contributed by atoms with Crippen molar-refractivity contribution >= 4 is 22.4 Å². The van der Waals surface area contributed by atoms with Gasteiger partial charge in [0.1, 0.15) is 5.76 Å². The Morgan fingerprint density at radius 1 is 1.12 bits per heavy atom. The first kappa shape index (κ1) is 17.2. The topological polar surface area (TPSA) is 55.1 Å². The summed E-state index contributed by atoms with van der Waals surface area (Å²) >= 11 is 0. The Hall–Kier alpha value is -2.62. The molecule has 0 unspecified atom stereocenters. The predicted octanol–water partition coefficient (Wildman–Crippen LogP) is 5.01. The predicted molar refractivity (Wildman–Crippen MR) is 101 cm³/mol. The van der Waals surface area contributed by atoms with E-state index in [1.165, 1.54) is 0 Å². The molecule has 1 amide bonds. The van der Waals surface area contributed by atoms with E-state index in [9.17, 15) is 4.79 Å². The number of nitrogens with one attached hydrogen (secondary N) is 1. The fourth-order valence-corrected chi connectivity index (χ4v) is 2.70. The lowest BCUT2D eigenvalue weighted by molar-refractivity contribution is -0.116. The first-order valence-corrected chi connectivity index (χ1v) is 8.58. The van der Waals surface area contributed by atoms with Gasteiger partial charge in [0.25, 0.3) is 0 Å². The van der Waals surface area contributed by atoms with Gasteiger partial charge in [-0.1, -0.05) is 51.1 Å². The number of nitrogens with zero attached hydrogens (tertiary/aromatic N) is 1. The third-order valence-corrected chi connectivity index (χ3v) is 4.15. The van der Waals surface area contributed by atoms with Crippen molar-refractivity contribution in [1.82, 2.24) is 4.98 Å². The van der Waals surface area contributed by atoms with Gasteiger partial charge in [-0.3, -0.25) is 4.79 Å². The molecular weight excluding hydrogens is 312 g/mol. The molecule has 0 spiro atoms. The van der Waals surface area contributed by atoms with Crippen LogP contribution in [0.1, 0.15) is 44.5 Å². The lowest BCUT2D eigenvalue weighted by Crippen LogP contribution is -2.12. The summed E-state index contributed by atoms with van der Waals surface area (Å²) in [6.45, 7) is 8.12. The standard InChI is InChI=1S/C21H24N2O2/c1-14-18(25-20(22-14)21(2,3)4)11-12-19(24)23-17-10-9-15-7-5-6-8-16(15)13-17/h5-10,13H,11-12H2,1-4H3,(H,23,24). The second-order valence-corrected chi connectivity index (χ2v) is 7.39. The zero-order valence-electron chi connectivity index (χ0n) is 15.2.